The fourth-order valence-corrected chi connectivity index (χ4v) is 3.56. The molecule has 0 unspecified atom stereocenters. The molecule has 2 aromatic heterocycles. The van der Waals surface area contributed by atoms with Crippen molar-refractivity contribution in [1.82, 2.24) is 19.9 Å². The Morgan fingerprint density at radius 3 is 2.62 bits per heavy atom. The smallest absolute Gasteiger partial charge is 0.289 e. The molecule has 34 heavy (non-hydrogen) atoms. The molecular formula is C24H24N8O2. The Balaban J connectivity index is 1.41. The van der Waals surface area contributed by atoms with Crippen molar-refractivity contribution in [2.75, 3.05) is 23.4 Å². The molecule has 1 aliphatic rings. The number of ether oxygens (including phenoxy) is 2. The van der Waals surface area contributed by atoms with Crippen molar-refractivity contribution >= 4 is 34.2 Å². The van der Waals surface area contributed by atoms with E-state index in [-0.39, 0.29) is 5.54 Å². The van der Waals surface area contributed by atoms with E-state index in [4.69, 9.17) is 25.9 Å². The van der Waals surface area contributed by atoms with E-state index in [0.717, 1.165) is 27.7 Å². The van der Waals surface area contributed by atoms with Crippen LogP contribution in [0.1, 0.15) is 19.4 Å². The Labute approximate surface area is 196 Å². The number of anilines is 3. The van der Waals surface area contributed by atoms with Gasteiger partial charge in [0.25, 0.3) is 6.02 Å². The van der Waals surface area contributed by atoms with Crippen LogP contribution >= 0.6 is 0 Å². The van der Waals surface area contributed by atoms with Gasteiger partial charge in [-0.3, -0.25) is 0 Å². The maximum absolute atomic E-state index is 6.31. The lowest BCUT2D eigenvalue weighted by atomic mass is 10.1. The number of rotatable bonds is 4. The normalized spacial score (nSPS) is 14.5. The first kappa shape index (κ1) is 21.4. The van der Waals surface area contributed by atoms with E-state index in [2.05, 4.69) is 25.3 Å². The molecule has 0 atom stereocenters. The summed E-state index contributed by atoms with van der Waals surface area (Å²) in [6, 6.07) is 13.4. The molecule has 172 valence electrons. The Kier molecular flexibility index (Phi) is 5.12. The maximum Gasteiger partial charge on any atom is 0.289 e. The van der Waals surface area contributed by atoms with Crippen molar-refractivity contribution in [3.05, 3.63) is 54.4 Å². The first-order valence-electron chi connectivity index (χ1n) is 10.7. The minimum atomic E-state index is -0.239. The summed E-state index contributed by atoms with van der Waals surface area (Å²) in [5, 5.41) is 3.93. The van der Waals surface area contributed by atoms with Gasteiger partial charge < -0.3 is 26.3 Å². The molecule has 3 heterocycles. The summed E-state index contributed by atoms with van der Waals surface area (Å²) < 4.78 is 11.4. The largest absolute Gasteiger partial charge is 0.462 e. The number of aromatic nitrogens is 4. The van der Waals surface area contributed by atoms with Crippen molar-refractivity contribution in [3.63, 3.8) is 0 Å². The molecule has 0 aliphatic carbocycles. The molecule has 0 spiro atoms. The van der Waals surface area contributed by atoms with Crippen LogP contribution in [-0.4, -0.2) is 38.1 Å². The number of amidine groups is 1. The number of hydrogen-bond acceptors (Lipinski definition) is 10. The highest BCUT2D eigenvalue weighted by Crippen LogP contribution is 2.30. The minimum absolute atomic E-state index is 0.239. The molecule has 0 saturated heterocycles. The second-order valence-corrected chi connectivity index (χ2v) is 8.67. The number of nitrogen functional groups attached to an aromatic ring is 2. The van der Waals surface area contributed by atoms with E-state index in [9.17, 15) is 0 Å². The van der Waals surface area contributed by atoms with Crippen LogP contribution in [0.15, 0.2) is 53.8 Å². The van der Waals surface area contributed by atoms with Gasteiger partial charge in [0.05, 0.1) is 11.1 Å². The zero-order valence-corrected chi connectivity index (χ0v) is 19.0. The number of nitrogens with two attached hydrogens (primary N) is 2. The van der Waals surface area contributed by atoms with Crippen molar-refractivity contribution in [1.29, 1.82) is 0 Å². The summed E-state index contributed by atoms with van der Waals surface area (Å²) in [4.78, 5) is 21.7. The zero-order chi connectivity index (χ0) is 23.9. The van der Waals surface area contributed by atoms with Crippen LogP contribution in [0.5, 0.6) is 11.6 Å². The highest BCUT2D eigenvalue weighted by molar-refractivity contribution is 5.96. The van der Waals surface area contributed by atoms with Crippen LogP contribution in [0, 0.1) is 6.92 Å². The molecule has 5 rings (SSSR count). The molecule has 4 aromatic rings. The number of nitrogens with one attached hydrogen (secondary N) is 1. The molecule has 0 bridgehead atoms. The third-order valence-electron chi connectivity index (χ3n) is 5.25. The van der Waals surface area contributed by atoms with Gasteiger partial charge in [0, 0.05) is 22.7 Å². The Hall–Kier alpha value is -4.47. The Bertz CT molecular complexity index is 1430. The fourth-order valence-electron chi connectivity index (χ4n) is 3.56. The Morgan fingerprint density at radius 1 is 1.03 bits per heavy atom. The lowest BCUT2D eigenvalue weighted by Gasteiger charge is -2.11. The average Bonchev–Trinajstić information content (AvgIpc) is 3.13. The summed E-state index contributed by atoms with van der Waals surface area (Å²) in [6.45, 7) is 6.50. The van der Waals surface area contributed by atoms with Crippen LogP contribution in [-0.2, 0) is 4.74 Å². The monoisotopic (exact) mass is 456 g/mol. The number of fused-ring (bicyclic) bond motifs is 1. The second kappa shape index (κ2) is 8.14. The fraction of sp³-hybridized carbons (Fsp3) is 0.208. The van der Waals surface area contributed by atoms with Crippen LogP contribution < -0.4 is 21.5 Å². The van der Waals surface area contributed by atoms with Crippen LogP contribution in [0.3, 0.4) is 0 Å². The SMILES string of the molecule is Cc1cc(-c2nc(N)c3cc(NC4=NC(C)(C)CO4)ccc3n2)ccc1Oc1cc(N)ncn1. The molecule has 0 fully saturated rings. The molecule has 2 aromatic carbocycles. The van der Waals surface area contributed by atoms with E-state index in [1.807, 2.05) is 57.2 Å². The summed E-state index contributed by atoms with van der Waals surface area (Å²) in [7, 11) is 0. The third kappa shape index (κ3) is 4.38. The van der Waals surface area contributed by atoms with Gasteiger partial charge in [-0.2, -0.15) is 0 Å². The van der Waals surface area contributed by atoms with Crippen LogP contribution in [0.2, 0.25) is 0 Å². The van der Waals surface area contributed by atoms with E-state index in [0.29, 0.717) is 41.7 Å². The van der Waals surface area contributed by atoms with Crippen molar-refractivity contribution in [2.45, 2.75) is 26.3 Å². The second-order valence-electron chi connectivity index (χ2n) is 8.67. The highest BCUT2D eigenvalue weighted by Gasteiger charge is 2.26. The first-order chi connectivity index (χ1) is 16.3. The number of aryl methyl sites for hydroxylation is 1. The van der Waals surface area contributed by atoms with Crippen molar-refractivity contribution in [2.24, 2.45) is 4.99 Å². The van der Waals surface area contributed by atoms with Gasteiger partial charge in [0.15, 0.2) is 5.82 Å². The Morgan fingerprint density at radius 2 is 1.88 bits per heavy atom. The molecule has 5 N–H and O–H groups in total. The molecule has 10 heteroatoms. The van der Waals surface area contributed by atoms with E-state index in [1.165, 1.54) is 6.33 Å². The highest BCUT2D eigenvalue weighted by atomic mass is 16.5. The van der Waals surface area contributed by atoms with Gasteiger partial charge in [-0.25, -0.2) is 24.9 Å². The lowest BCUT2D eigenvalue weighted by Crippen LogP contribution is -2.17. The van der Waals surface area contributed by atoms with Gasteiger partial charge in [0.1, 0.15) is 30.3 Å². The van der Waals surface area contributed by atoms with Gasteiger partial charge in [0.2, 0.25) is 5.88 Å². The number of aliphatic imine (C=N–C) groups is 1. The number of benzene rings is 2. The average molecular weight is 457 g/mol. The first-order valence-corrected chi connectivity index (χ1v) is 10.7. The molecule has 0 radical (unpaired) electrons. The van der Waals surface area contributed by atoms with Crippen molar-refractivity contribution in [3.8, 4) is 23.0 Å². The van der Waals surface area contributed by atoms with Gasteiger partial charge in [-0.05, 0) is 62.7 Å². The predicted molar refractivity (Wildman–Crippen MR) is 132 cm³/mol. The molecular weight excluding hydrogens is 432 g/mol. The maximum atomic E-state index is 6.31. The predicted octanol–water partition coefficient (Wildman–Crippen LogP) is 3.93. The number of nitrogens with zero attached hydrogens (tertiary/aromatic N) is 5. The topological polar surface area (TPSA) is 146 Å². The van der Waals surface area contributed by atoms with Crippen LogP contribution in [0.25, 0.3) is 22.3 Å². The van der Waals surface area contributed by atoms with E-state index in [1.54, 1.807) is 6.07 Å². The van der Waals surface area contributed by atoms with Gasteiger partial charge in [-0.15, -0.1) is 0 Å². The molecule has 0 amide bonds. The molecule has 1 aliphatic heterocycles. The lowest BCUT2D eigenvalue weighted by molar-refractivity contribution is 0.278. The molecule has 0 saturated carbocycles. The summed E-state index contributed by atoms with van der Waals surface area (Å²) >= 11 is 0. The van der Waals surface area contributed by atoms with Crippen molar-refractivity contribution < 1.29 is 9.47 Å². The minimum Gasteiger partial charge on any atom is -0.462 e. The van der Waals surface area contributed by atoms with E-state index < -0.39 is 0 Å². The summed E-state index contributed by atoms with van der Waals surface area (Å²) in [6.07, 6.45) is 1.36. The van der Waals surface area contributed by atoms with E-state index >= 15 is 0 Å². The molecule has 10 nitrogen and oxygen atoms in total. The standard InChI is InChI=1S/C24H24N8O2/c1-13-8-14(4-7-18(13)34-20-10-19(25)27-12-28-20)22-30-17-6-5-15(9-16(17)21(26)31-22)29-23-32-24(2,3)11-33-23/h4-10,12H,11H2,1-3H3,(H,29,32)(H2,25,27,28)(H2,26,30,31). The van der Waals surface area contributed by atoms with Gasteiger partial charge >= 0.3 is 0 Å². The number of hydrogen-bond donors (Lipinski definition) is 3. The third-order valence-corrected chi connectivity index (χ3v) is 5.25. The quantitative estimate of drug-likeness (QED) is 0.415. The zero-order valence-electron chi connectivity index (χ0n) is 19.0. The van der Waals surface area contributed by atoms with Gasteiger partial charge in [-0.1, -0.05) is 0 Å². The summed E-state index contributed by atoms with van der Waals surface area (Å²) in [5.74, 6) is 2.26. The summed E-state index contributed by atoms with van der Waals surface area (Å²) in [5.41, 5.74) is 15.0. The van der Waals surface area contributed by atoms with Crippen LogP contribution in [0.4, 0.5) is 17.3 Å².